The average molecular weight is 411 g/mol. The summed E-state index contributed by atoms with van der Waals surface area (Å²) in [7, 11) is 0. The molecule has 1 saturated heterocycles. The van der Waals surface area contributed by atoms with Crippen molar-refractivity contribution in [3.63, 3.8) is 0 Å². The van der Waals surface area contributed by atoms with Crippen LogP contribution in [0.5, 0.6) is 5.75 Å². The maximum absolute atomic E-state index is 12.3. The maximum Gasteiger partial charge on any atom is 0.410 e. The number of thioether (sulfide) groups is 1. The number of nitrogens with zero attached hydrogens (tertiary/aromatic N) is 2. The second kappa shape index (κ2) is 8.74. The van der Waals surface area contributed by atoms with Gasteiger partial charge in [-0.05, 0) is 57.9 Å². The van der Waals surface area contributed by atoms with Crippen LogP contribution in [0.15, 0.2) is 29.3 Å². The Morgan fingerprint density at radius 2 is 2.07 bits per heavy atom. The lowest BCUT2D eigenvalue weighted by Gasteiger charge is -2.34. The van der Waals surface area contributed by atoms with Gasteiger partial charge in [-0.15, -0.1) is 11.6 Å². The second-order valence-corrected chi connectivity index (χ2v) is 9.39. The van der Waals surface area contributed by atoms with Gasteiger partial charge in [-0.1, -0.05) is 11.8 Å². The van der Waals surface area contributed by atoms with Crippen LogP contribution in [0.2, 0.25) is 0 Å². The SMILES string of the molecule is CC(C)(C)OC(=O)N1CCC2N=C(c3ccc(OCCCCl)cc3)SC2C1. The molecule has 5 nitrogen and oxygen atoms in total. The molecule has 0 bridgehead atoms. The van der Waals surface area contributed by atoms with Crippen molar-refractivity contribution in [1.82, 2.24) is 4.90 Å². The first-order valence-electron chi connectivity index (χ1n) is 9.37. The van der Waals surface area contributed by atoms with Gasteiger partial charge in [0.25, 0.3) is 0 Å². The first-order valence-corrected chi connectivity index (χ1v) is 10.8. The van der Waals surface area contributed by atoms with Crippen molar-refractivity contribution in [2.24, 2.45) is 4.99 Å². The number of aliphatic imine (C=N–C) groups is 1. The molecule has 2 aliphatic rings. The normalized spacial score (nSPS) is 22.2. The van der Waals surface area contributed by atoms with Crippen LogP contribution < -0.4 is 4.74 Å². The Bertz CT molecular complexity index is 687. The summed E-state index contributed by atoms with van der Waals surface area (Å²) >= 11 is 7.43. The molecule has 27 heavy (non-hydrogen) atoms. The van der Waals surface area contributed by atoms with Gasteiger partial charge in [-0.3, -0.25) is 4.99 Å². The molecular formula is C20H27ClN2O3S. The predicted molar refractivity (Wildman–Crippen MR) is 111 cm³/mol. The summed E-state index contributed by atoms with van der Waals surface area (Å²) in [6, 6.07) is 8.31. The molecule has 0 aliphatic carbocycles. The lowest BCUT2D eigenvalue weighted by molar-refractivity contribution is 0.0214. The van der Waals surface area contributed by atoms with Crippen LogP contribution in [-0.2, 0) is 4.74 Å². The standard InChI is InChI=1S/C20H27ClN2O3S/c1-20(2,3)26-19(24)23-11-9-16-17(13-23)27-18(22-16)14-5-7-15(8-6-14)25-12-4-10-21/h5-8,16-17H,4,9-13H2,1-3H3. The number of hydrogen-bond donors (Lipinski definition) is 0. The minimum Gasteiger partial charge on any atom is -0.494 e. The third-order valence-electron chi connectivity index (χ3n) is 4.37. The Morgan fingerprint density at radius 1 is 1.33 bits per heavy atom. The van der Waals surface area contributed by atoms with Crippen LogP contribution in [0, 0.1) is 0 Å². The monoisotopic (exact) mass is 410 g/mol. The van der Waals surface area contributed by atoms with E-state index in [9.17, 15) is 4.79 Å². The zero-order chi connectivity index (χ0) is 19.4. The van der Waals surface area contributed by atoms with Crippen molar-refractivity contribution in [3.05, 3.63) is 29.8 Å². The van der Waals surface area contributed by atoms with E-state index in [0.29, 0.717) is 30.8 Å². The Hall–Kier alpha value is -1.40. The van der Waals surface area contributed by atoms with Gasteiger partial charge in [-0.25, -0.2) is 4.79 Å². The fourth-order valence-corrected chi connectivity index (χ4v) is 4.54. The molecule has 2 heterocycles. The fraction of sp³-hybridized carbons (Fsp3) is 0.600. The number of benzene rings is 1. The van der Waals surface area contributed by atoms with E-state index in [4.69, 9.17) is 26.1 Å². The van der Waals surface area contributed by atoms with Gasteiger partial charge in [0.1, 0.15) is 11.4 Å². The van der Waals surface area contributed by atoms with Crippen LogP contribution in [0.25, 0.3) is 0 Å². The van der Waals surface area contributed by atoms with Crippen molar-refractivity contribution in [2.45, 2.75) is 50.5 Å². The largest absolute Gasteiger partial charge is 0.494 e. The van der Waals surface area contributed by atoms with E-state index in [-0.39, 0.29) is 12.1 Å². The van der Waals surface area contributed by atoms with Crippen LogP contribution in [0.1, 0.15) is 39.2 Å². The highest BCUT2D eigenvalue weighted by molar-refractivity contribution is 8.15. The number of carbonyl (C=O) groups is 1. The van der Waals surface area contributed by atoms with E-state index in [0.717, 1.165) is 29.2 Å². The molecular weight excluding hydrogens is 384 g/mol. The molecule has 1 aromatic rings. The first-order chi connectivity index (χ1) is 12.9. The molecule has 0 aromatic heterocycles. The highest BCUT2D eigenvalue weighted by Crippen LogP contribution is 2.36. The van der Waals surface area contributed by atoms with Crippen LogP contribution in [-0.4, -0.2) is 58.5 Å². The number of amides is 1. The lowest BCUT2D eigenvalue weighted by Crippen LogP contribution is -2.47. The molecule has 3 rings (SSSR count). The number of hydrogen-bond acceptors (Lipinski definition) is 5. The Morgan fingerprint density at radius 3 is 2.74 bits per heavy atom. The molecule has 2 unspecified atom stereocenters. The number of alkyl halides is 1. The molecule has 2 aliphatic heterocycles. The van der Waals surface area contributed by atoms with Crippen molar-refractivity contribution >= 4 is 34.5 Å². The van der Waals surface area contributed by atoms with E-state index in [1.807, 2.05) is 49.9 Å². The number of fused-ring (bicyclic) bond motifs is 1. The van der Waals surface area contributed by atoms with E-state index in [1.165, 1.54) is 0 Å². The van der Waals surface area contributed by atoms with Crippen LogP contribution in [0.3, 0.4) is 0 Å². The summed E-state index contributed by atoms with van der Waals surface area (Å²) in [6.45, 7) is 7.69. The number of carbonyl (C=O) groups excluding carboxylic acids is 1. The molecule has 0 spiro atoms. The minimum absolute atomic E-state index is 0.228. The highest BCUT2D eigenvalue weighted by Gasteiger charge is 2.38. The predicted octanol–water partition coefficient (Wildman–Crippen LogP) is 4.57. The van der Waals surface area contributed by atoms with Crippen molar-refractivity contribution in [3.8, 4) is 5.75 Å². The Kier molecular flexibility index (Phi) is 6.58. The number of ether oxygens (including phenoxy) is 2. The van der Waals surface area contributed by atoms with Crippen molar-refractivity contribution in [2.75, 3.05) is 25.6 Å². The summed E-state index contributed by atoms with van der Waals surface area (Å²) in [4.78, 5) is 19.0. The zero-order valence-electron chi connectivity index (χ0n) is 16.1. The van der Waals surface area contributed by atoms with E-state index >= 15 is 0 Å². The smallest absolute Gasteiger partial charge is 0.410 e. The quantitative estimate of drug-likeness (QED) is 0.527. The molecule has 148 valence electrons. The van der Waals surface area contributed by atoms with Crippen molar-refractivity contribution < 1.29 is 14.3 Å². The molecule has 7 heteroatoms. The fourth-order valence-electron chi connectivity index (χ4n) is 3.07. The van der Waals surface area contributed by atoms with Crippen LogP contribution >= 0.6 is 23.4 Å². The van der Waals surface area contributed by atoms with Gasteiger partial charge in [-0.2, -0.15) is 0 Å². The lowest BCUT2D eigenvalue weighted by atomic mass is 10.1. The highest BCUT2D eigenvalue weighted by atomic mass is 35.5. The summed E-state index contributed by atoms with van der Waals surface area (Å²) in [5, 5.41) is 1.34. The van der Waals surface area contributed by atoms with Crippen LogP contribution in [0.4, 0.5) is 4.79 Å². The Labute approximate surface area is 170 Å². The molecule has 0 N–H and O–H groups in total. The molecule has 2 atom stereocenters. The molecule has 0 saturated carbocycles. The van der Waals surface area contributed by atoms with Gasteiger partial charge in [0.2, 0.25) is 0 Å². The van der Waals surface area contributed by atoms with Crippen molar-refractivity contribution in [1.29, 1.82) is 0 Å². The maximum atomic E-state index is 12.3. The molecule has 1 amide bonds. The zero-order valence-corrected chi connectivity index (χ0v) is 17.7. The number of piperidine rings is 1. The van der Waals surface area contributed by atoms with Gasteiger partial charge < -0.3 is 14.4 Å². The summed E-state index contributed by atoms with van der Waals surface area (Å²) in [6.07, 6.45) is 1.48. The number of rotatable bonds is 5. The Balaban J connectivity index is 1.57. The van der Waals surface area contributed by atoms with Gasteiger partial charge in [0.05, 0.1) is 22.9 Å². The molecule has 1 fully saturated rings. The second-order valence-electron chi connectivity index (χ2n) is 7.79. The number of halogens is 1. The minimum atomic E-state index is -0.466. The van der Waals surface area contributed by atoms with Gasteiger partial charge in [0.15, 0.2) is 0 Å². The third kappa shape index (κ3) is 5.55. The average Bonchev–Trinajstić information content (AvgIpc) is 3.04. The first kappa shape index (κ1) is 20.3. The van der Waals surface area contributed by atoms with E-state index in [1.54, 1.807) is 11.8 Å². The topological polar surface area (TPSA) is 51.1 Å². The third-order valence-corrected chi connectivity index (χ3v) is 5.97. The van der Waals surface area contributed by atoms with E-state index < -0.39 is 5.60 Å². The van der Waals surface area contributed by atoms with E-state index in [2.05, 4.69) is 0 Å². The summed E-state index contributed by atoms with van der Waals surface area (Å²) < 4.78 is 11.2. The van der Waals surface area contributed by atoms with Gasteiger partial charge >= 0.3 is 6.09 Å². The number of likely N-dealkylation sites (tertiary alicyclic amines) is 1. The summed E-state index contributed by atoms with van der Waals surface area (Å²) in [5.41, 5.74) is 0.634. The molecule has 0 radical (unpaired) electrons. The summed E-state index contributed by atoms with van der Waals surface area (Å²) in [5.74, 6) is 1.45. The molecule has 1 aromatic carbocycles. The van der Waals surface area contributed by atoms with Gasteiger partial charge in [0, 0.05) is 24.5 Å².